The van der Waals surface area contributed by atoms with Gasteiger partial charge in [-0.25, -0.2) is 0 Å². The zero-order valence-electron chi connectivity index (χ0n) is 14.3. The summed E-state index contributed by atoms with van der Waals surface area (Å²) in [6.07, 6.45) is 0.282. The maximum absolute atomic E-state index is 11.6. The van der Waals surface area contributed by atoms with Crippen molar-refractivity contribution in [2.45, 2.75) is 31.5 Å². The van der Waals surface area contributed by atoms with E-state index in [1.807, 2.05) is 66.9 Å². The Hall–Kier alpha value is -1.66. The molecular weight excluding hydrogens is 336 g/mol. The lowest BCUT2D eigenvalue weighted by Gasteiger charge is -2.27. The van der Waals surface area contributed by atoms with Gasteiger partial charge in [0.15, 0.2) is 6.29 Å². The average Bonchev–Trinajstić information content (AvgIpc) is 2.66. The lowest BCUT2D eigenvalue weighted by molar-refractivity contribution is -0.145. The molecule has 0 aromatic heterocycles. The molecular formula is C20H24O4S. The number of hydrogen-bond donors (Lipinski definition) is 1. The van der Waals surface area contributed by atoms with E-state index < -0.39 is 18.3 Å². The summed E-state index contributed by atoms with van der Waals surface area (Å²) in [5, 5.41) is 10.4. The van der Waals surface area contributed by atoms with Crippen LogP contribution in [0.2, 0.25) is 0 Å². The second-order valence-electron chi connectivity index (χ2n) is 5.68. The standard InChI is InChI=1S/C20H24O4S/c1-25-15-18(22)20(24-14-17-10-6-3-7-11-17)19(12-21)23-13-16-8-4-2-5-9-16/h2-12,18-20,22H,13-15H2,1H3/t18-,19-,20-/m1/s1. The quantitative estimate of drug-likeness (QED) is 0.624. The highest BCUT2D eigenvalue weighted by Crippen LogP contribution is 2.16. The van der Waals surface area contributed by atoms with Crippen LogP contribution in [0.1, 0.15) is 11.1 Å². The van der Waals surface area contributed by atoms with Gasteiger partial charge in [-0.15, -0.1) is 0 Å². The molecule has 2 aromatic carbocycles. The van der Waals surface area contributed by atoms with Gasteiger partial charge in [-0.1, -0.05) is 60.7 Å². The minimum absolute atomic E-state index is 0.293. The fraction of sp³-hybridized carbons (Fsp3) is 0.350. The van der Waals surface area contributed by atoms with Crippen LogP contribution in [0.4, 0.5) is 0 Å². The van der Waals surface area contributed by atoms with E-state index in [9.17, 15) is 9.90 Å². The van der Waals surface area contributed by atoms with E-state index in [4.69, 9.17) is 9.47 Å². The van der Waals surface area contributed by atoms with Crippen molar-refractivity contribution in [3.05, 3.63) is 71.8 Å². The van der Waals surface area contributed by atoms with Crippen molar-refractivity contribution in [2.75, 3.05) is 12.0 Å². The van der Waals surface area contributed by atoms with Gasteiger partial charge >= 0.3 is 0 Å². The van der Waals surface area contributed by atoms with Gasteiger partial charge in [0, 0.05) is 5.75 Å². The number of thioether (sulfide) groups is 1. The molecule has 0 heterocycles. The third-order valence-corrected chi connectivity index (χ3v) is 4.42. The number of carbonyl (C=O) groups is 1. The molecule has 4 nitrogen and oxygen atoms in total. The molecule has 0 bridgehead atoms. The van der Waals surface area contributed by atoms with Crippen LogP contribution in [-0.4, -0.2) is 41.7 Å². The Bertz CT molecular complexity index is 606. The lowest BCUT2D eigenvalue weighted by Crippen LogP contribution is -2.43. The molecule has 0 fully saturated rings. The van der Waals surface area contributed by atoms with Crippen LogP contribution >= 0.6 is 11.8 Å². The van der Waals surface area contributed by atoms with E-state index >= 15 is 0 Å². The molecule has 0 amide bonds. The van der Waals surface area contributed by atoms with Crippen LogP contribution in [0.25, 0.3) is 0 Å². The summed E-state index contributed by atoms with van der Waals surface area (Å²) >= 11 is 1.50. The summed E-state index contributed by atoms with van der Waals surface area (Å²) in [6.45, 7) is 0.609. The molecule has 5 heteroatoms. The van der Waals surface area contributed by atoms with Crippen molar-refractivity contribution in [3.8, 4) is 0 Å². The van der Waals surface area contributed by atoms with E-state index in [-0.39, 0.29) is 0 Å². The van der Waals surface area contributed by atoms with Crippen LogP contribution in [0, 0.1) is 0 Å². The van der Waals surface area contributed by atoms with Crippen molar-refractivity contribution >= 4 is 18.0 Å². The predicted octanol–water partition coefficient (Wildman–Crippen LogP) is 3.08. The number of carbonyl (C=O) groups excluding carboxylic acids is 1. The fourth-order valence-electron chi connectivity index (χ4n) is 2.44. The molecule has 0 saturated heterocycles. The van der Waals surface area contributed by atoms with E-state index in [1.165, 1.54) is 11.8 Å². The molecule has 134 valence electrons. The first-order chi connectivity index (χ1) is 12.2. The Morgan fingerprint density at radius 2 is 1.48 bits per heavy atom. The number of ether oxygens (including phenoxy) is 2. The first-order valence-corrected chi connectivity index (χ1v) is 9.57. The van der Waals surface area contributed by atoms with E-state index in [0.717, 1.165) is 11.1 Å². The number of rotatable bonds is 11. The summed E-state index contributed by atoms with van der Waals surface area (Å²) < 4.78 is 11.6. The van der Waals surface area contributed by atoms with Crippen molar-refractivity contribution in [3.63, 3.8) is 0 Å². The van der Waals surface area contributed by atoms with Gasteiger partial charge in [-0.05, 0) is 17.4 Å². The second kappa shape index (κ2) is 11.1. The number of benzene rings is 2. The third kappa shape index (κ3) is 6.63. The Morgan fingerprint density at radius 3 is 1.96 bits per heavy atom. The third-order valence-electron chi connectivity index (χ3n) is 3.75. The molecule has 2 aromatic rings. The van der Waals surface area contributed by atoms with Crippen molar-refractivity contribution in [1.29, 1.82) is 0 Å². The van der Waals surface area contributed by atoms with E-state index in [0.29, 0.717) is 25.3 Å². The molecule has 1 N–H and O–H groups in total. The van der Waals surface area contributed by atoms with Crippen molar-refractivity contribution < 1.29 is 19.4 Å². The van der Waals surface area contributed by atoms with Gasteiger partial charge in [0.2, 0.25) is 0 Å². The van der Waals surface area contributed by atoms with Crippen LogP contribution in [0.3, 0.4) is 0 Å². The van der Waals surface area contributed by atoms with Crippen LogP contribution in [-0.2, 0) is 27.5 Å². The number of aliphatic hydroxyl groups is 1. The van der Waals surface area contributed by atoms with E-state index in [2.05, 4.69) is 0 Å². The highest BCUT2D eigenvalue weighted by atomic mass is 32.2. The minimum Gasteiger partial charge on any atom is -0.389 e. The van der Waals surface area contributed by atoms with Crippen molar-refractivity contribution in [2.24, 2.45) is 0 Å². The highest BCUT2D eigenvalue weighted by Gasteiger charge is 2.30. The number of hydrogen-bond acceptors (Lipinski definition) is 5. The topological polar surface area (TPSA) is 55.8 Å². The van der Waals surface area contributed by atoms with Crippen LogP contribution in [0.15, 0.2) is 60.7 Å². The maximum atomic E-state index is 11.6. The van der Waals surface area contributed by atoms with Gasteiger partial charge in [0.25, 0.3) is 0 Å². The number of aldehydes is 1. The Labute approximate surface area is 153 Å². The smallest absolute Gasteiger partial charge is 0.151 e. The van der Waals surface area contributed by atoms with Crippen molar-refractivity contribution in [1.82, 2.24) is 0 Å². The molecule has 3 atom stereocenters. The van der Waals surface area contributed by atoms with Gasteiger partial charge < -0.3 is 19.4 Å². The highest BCUT2D eigenvalue weighted by molar-refractivity contribution is 7.98. The SMILES string of the molecule is CSC[C@@H](O)[C@@H](OCc1ccccc1)[C@@H](C=O)OCc1ccccc1. The summed E-state index contributed by atoms with van der Waals surface area (Å²) in [5.41, 5.74) is 1.95. The van der Waals surface area contributed by atoms with Crippen LogP contribution < -0.4 is 0 Å². The first-order valence-electron chi connectivity index (χ1n) is 8.18. The summed E-state index contributed by atoms with van der Waals surface area (Å²) in [5.74, 6) is 0.471. The predicted molar refractivity (Wildman–Crippen MR) is 100 cm³/mol. The Morgan fingerprint density at radius 1 is 0.960 bits per heavy atom. The molecule has 0 aliphatic carbocycles. The zero-order chi connectivity index (χ0) is 17.9. The van der Waals surface area contributed by atoms with Gasteiger partial charge in [-0.2, -0.15) is 11.8 Å². The largest absolute Gasteiger partial charge is 0.389 e. The molecule has 0 aliphatic heterocycles. The molecule has 25 heavy (non-hydrogen) atoms. The zero-order valence-corrected chi connectivity index (χ0v) is 15.1. The fourth-order valence-corrected chi connectivity index (χ4v) is 2.97. The second-order valence-corrected chi connectivity index (χ2v) is 6.59. The summed E-state index contributed by atoms with van der Waals surface area (Å²) in [4.78, 5) is 11.6. The van der Waals surface area contributed by atoms with Crippen LogP contribution in [0.5, 0.6) is 0 Å². The monoisotopic (exact) mass is 360 g/mol. The number of aliphatic hydroxyl groups excluding tert-OH is 1. The Kier molecular flexibility index (Phi) is 8.69. The van der Waals surface area contributed by atoms with Gasteiger partial charge in [0.1, 0.15) is 12.2 Å². The minimum atomic E-state index is -0.828. The molecule has 0 radical (unpaired) electrons. The summed E-state index contributed by atoms with van der Waals surface area (Å²) in [7, 11) is 0. The van der Waals surface area contributed by atoms with Gasteiger partial charge in [-0.3, -0.25) is 0 Å². The molecule has 2 rings (SSSR count). The van der Waals surface area contributed by atoms with Gasteiger partial charge in [0.05, 0.1) is 19.3 Å². The lowest BCUT2D eigenvalue weighted by atomic mass is 10.1. The molecule has 0 saturated carbocycles. The average molecular weight is 360 g/mol. The first kappa shape index (κ1) is 19.7. The maximum Gasteiger partial charge on any atom is 0.151 e. The Balaban J connectivity index is 2.01. The van der Waals surface area contributed by atoms with E-state index in [1.54, 1.807) is 0 Å². The summed E-state index contributed by atoms with van der Waals surface area (Å²) in [6, 6.07) is 19.3. The molecule has 0 unspecified atom stereocenters. The normalized spacial score (nSPS) is 14.6. The molecule has 0 spiro atoms. The molecule has 0 aliphatic rings.